The first-order valence-corrected chi connectivity index (χ1v) is 5.75. The molecule has 0 amide bonds. The lowest BCUT2D eigenvalue weighted by Gasteiger charge is -2.15. The molecule has 2 aromatic rings. The van der Waals surface area contributed by atoms with Crippen LogP contribution in [0.1, 0.15) is 11.1 Å². The molecule has 0 aliphatic rings. The zero-order valence-corrected chi connectivity index (χ0v) is 10.7. The summed E-state index contributed by atoms with van der Waals surface area (Å²) in [6.45, 7) is 1.70. The van der Waals surface area contributed by atoms with E-state index in [4.69, 9.17) is 5.84 Å². The van der Waals surface area contributed by atoms with Gasteiger partial charge in [-0.2, -0.15) is 5.10 Å². The molecule has 0 saturated carbocycles. The van der Waals surface area contributed by atoms with Crippen molar-refractivity contribution in [3.8, 4) is 0 Å². The second-order valence-corrected chi connectivity index (χ2v) is 4.39. The van der Waals surface area contributed by atoms with Crippen LogP contribution in [0.5, 0.6) is 0 Å². The normalized spacial score (nSPS) is 10.9. The monoisotopic (exact) mass is 246 g/mol. The van der Waals surface area contributed by atoms with E-state index >= 15 is 0 Å². The highest BCUT2D eigenvalue weighted by Crippen LogP contribution is 2.10. The van der Waals surface area contributed by atoms with E-state index in [1.165, 1.54) is 11.1 Å². The Kier molecular flexibility index (Phi) is 3.91. The summed E-state index contributed by atoms with van der Waals surface area (Å²) in [6.07, 6.45) is 5.66. The molecule has 0 aliphatic heterocycles. The van der Waals surface area contributed by atoms with Crippen molar-refractivity contribution in [3.63, 3.8) is 0 Å². The first kappa shape index (κ1) is 12.5. The molecule has 0 atom stereocenters. The number of hydrazine groups is 1. The molecule has 0 unspecified atom stereocenters. The van der Waals surface area contributed by atoms with Gasteiger partial charge in [0.1, 0.15) is 5.82 Å². The van der Waals surface area contributed by atoms with Crippen molar-refractivity contribution in [2.75, 3.05) is 12.5 Å². The first-order chi connectivity index (χ1) is 8.67. The molecule has 0 aromatic carbocycles. The number of anilines is 1. The number of hydrogen-bond acceptors (Lipinski definition) is 5. The lowest BCUT2D eigenvalue weighted by Crippen LogP contribution is -2.17. The molecule has 2 rings (SSSR count). The van der Waals surface area contributed by atoms with Crippen molar-refractivity contribution >= 4 is 5.82 Å². The molecule has 0 spiro atoms. The fraction of sp³-hybridized carbons (Fsp3) is 0.333. The topological polar surface area (TPSA) is 72.0 Å². The van der Waals surface area contributed by atoms with Crippen molar-refractivity contribution in [2.45, 2.75) is 13.1 Å². The zero-order valence-electron chi connectivity index (χ0n) is 10.7. The molecule has 0 radical (unpaired) electrons. The molecule has 0 saturated heterocycles. The average Bonchev–Trinajstić information content (AvgIpc) is 2.74. The summed E-state index contributed by atoms with van der Waals surface area (Å²) in [5, 5.41) is 4.16. The second-order valence-electron chi connectivity index (χ2n) is 4.39. The summed E-state index contributed by atoms with van der Waals surface area (Å²) in [7, 11) is 3.99. The van der Waals surface area contributed by atoms with Crippen LogP contribution in [0.2, 0.25) is 0 Å². The zero-order chi connectivity index (χ0) is 13.0. The van der Waals surface area contributed by atoms with Crippen LogP contribution in [0.15, 0.2) is 30.7 Å². The Hall–Kier alpha value is -1.92. The van der Waals surface area contributed by atoms with E-state index in [0.717, 1.165) is 13.1 Å². The van der Waals surface area contributed by atoms with Gasteiger partial charge in [-0.1, -0.05) is 0 Å². The van der Waals surface area contributed by atoms with Gasteiger partial charge < -0.3 is 5.43 Å². The van der Waals surface area contributed by atoms with Gasteiger partial charge in [-0.3, -0.25) is 9.58 Å². The highest BCUT2D eigenvalue weighted by molar-refractivity contribution is 5.35. The van der Waals surface area contributed by atoms with Crippen molar-refractivity contribution in [3.05, 3.63) is 41.9 Å². The number of aryl methyl sites for hydroxylation is 1. The predicted octanol–water partition coefficient (Wildman–Crippen LogP) is 0.733. The van der Waals surface area contributed by atoms with Gasteiger partial charge in [0, 0.05) is 38.1 Å². The van der Waals surface area contributed by atoms with Gasteiger partial charge in [-0.15, -0.1) is 0 Å². The quantitative estimate of drug-likeness (QED) is 0.601. The van der Waals surface area contributed by atoms with Gasteiger partial charge in [-0.25, -0.2) is 10.8 Å². The van der Waals surface area contributed by atoms with Crippen molar-refractivity contribution in [2.24, 2.45) is 12.9 Å². The minimum Gasteiger partial charge on any atom is -0.308 e. The Labute approximate surface area is 106 Å². The Morgan fingerprint density at radius 3 is 2.83 bits per heavy atom. The molecule has 0 aliphatic carbocycles. The van der Waals surface area contributed by atoms with Gasteiger partial charge in [0.15, 0.2) is 0 Å². The molecule has 3 N–H and O–H groups in total. The standard InChI is InChI=1S/C12H18N6/c1-17(8-11-6-15-18(2)9-11)7-10-3-4-14-12(5-10)16-13/h3-6,9H,7-8,13H2,1-2H3,(H,14,16). The average molecular weight is 246 g/mol. The fourth-order valence-electron chi connectivity index (χ4n) is 1.88. The van der Waals surface area contributed by atoms with Crippen LogP contribution in [0.4, 0.5) is 5.82 Å². The molecule has 96 valence electrons. The van der Waals surface area contributed by atoms with Gasteiger partial charge in [0.2, 0.25) is 0 Å². The maximum Gasteiger partial charge on any atom is 0.140 e. The number of rotatable bonds is 5. The highest BCUT2D eigenvalue weighted by Gasteiger charge is 2.04. The van der Waals surface area contributed by atoms with E-state index in [-0.39, 0.29) is 0 Å². The number of pyridine rings is 1. The molecule has 2 heterocycles. The predicted molar refractivity (Wildman–Crippen MR) is 70.4 cm³/mol. The molecule has 18 heavy (non-hydrogen) atoms. The van der Waals surface area contributed by atoms with Crippen molar-refractivity contribution in [1.82, 2.24) is 19.7 Å². The summed E-state index contributed by atoms with van der Waals surface area (Å²) < 4.78 is 1.81. The van der Waals surface area contributed by atoms with Crippen LogP contribution in [0.25, 0.3) is 0 Å². The number of nitrogens with two attached hydrogens (primary N) is 1. The minimum absolute atomic E-state index is 0.683. The number of nitrogen functional groups attached to an aromatic ring is 1. The second kappa shape index (κ2) is 5.61. The van der Waals surface area contributed by atoms with Crippen LogP contribution in [0.3, 0.4) is 0 Å². The van der Waals surface area contributed by atoms with E-state index in [1.54, 1.807) is 6.20 Å². The Bertz CT molecular complexity index is 507. The molecular formula is C12H18N6. The Morgan fingerprint density at radius 1 is 1.39 bits per heavy atom. The number of nitrogens with zero attached hydrogens (tertiary/aromatic N) is 4. The third kappa shape index (κ3) is 3.28. The highest BCUT2D eigenvalue weighted by atomic mass is 15.3. The lowest BCUT2D eigenvalue weighted by molar-refractivity contribution is 0.319. The summed E-state index contributed by atoms with van der Waals surface area (Å²) in [5.41, 5.74) is 4.92. The third-order valence-corrected chi connectivity index (χ3v) is 2.64. The van der Waals surface area contributed by atoms with E-state index in [0.29, 0.717) is 5.82 Å². The van der Waals surface area contributed by atoms with E-state index in [1.807, 2.05) is 36.3 Å². The minimum atomic E-state index is 0.683. The first-order valence-electron chi connectivity index (χ1n) is 5.75. The van der Waals surface area contributed by atoms with Crippen LogP contribution < -0.4 is 11.3 Å². The molecule has 6 heteroatoms. The number of nitrogens with one attached hydrogen (secondary N) is 1. The summed E-state index contributed by atoms with van der Waals surface area (Å²) in [6, 6.07) is 3.93. The van der Waals surface area contributed by atoms with Crippen molar-refractivity contribution < 1.29 is 0 Å². The van der Waals surface area contributed by atoms with Crippen LogP contribution >= 0.6 is 0 Å². The molecule has 0 bridgehead atoms. The number of hydrogen-bond donors (Lipinski definition) is 2. The Morgan fingerprint density at radius 2 is 2.17 bits per heavy atom. The van der Waals surface area contributed by atoms with E-state index in [9.17, 15) is 0 Å². The van der Waals surface area contributed by atoms with Crippen LogP contribution in [0, 0.1) is 0 Å². The van der Waals surface area contributed by atoms with Gasteiger partial charge in [0.25, 0.3) is 0 Å². The van der Waals surface area contributed by atoms with E-state index < -0.39 is 0 Å². The SMILES string of the molecule is CN(Cc1ccnc(NN)c1)Cc1cnn(C)c1. The van der Waals surface area contributed by atoms with Crippen LogP contribution in [-0.2, 0) is 20.1 Å². The van der Waals surface area contributed by atoms with Crippen LogP contribution in [-0.4, -0.2) is 26.7 Å². The molecule has 6 nitrogen and oxygen atoms in total. The summed E-state index contributed by atoms with van der Waals surface area (Å²) in [4.78, 5) is 6.30. The third-order valence-electron chi connectivity index (χ3n) is 2.64. The summed E-state index contributed by atoms with van der Waals surface area (Å²) in [5.74, 6) is 6.02. The molecule has 0 fully saturated rings. The fourth-order valence-corrected chi connectivity index (χ4v) is 1.88. The summed E-state index contributed by atoms with van der Waals surface area (Å²) >= 11 is 0. The van der Waals surface area contributed by atoms with Crippen molar-refractivity contribution in [1.29, 1.82) is 0 Å². The van der Waals surface area contributed by atoms with E-state index in [2.05, 4.69) is 27.5 Å². The lowest BCUT2D eigenvalue weighted by atomic mass is 10.2. The molecule has 2 aromatic heterocycles. The maximum absolute atomic E-state index is 5.34. The molecular weight excluding hydrogens is 228 g/mol. The smallest absolute Gasteiger partial charge is 0.140 e. The van der Waals surface area contributed by atoms with Gasteiger partial charge >= 0.3 is 0 Å². The van der Waals surface area contributed by atoms with Gasteiger partial charge in [-0.05, 0) is 24.7 Å². The maximum atomic E-state index is 5.34. The Balaban J connectivity index is 1.96. The number of aromatic nitrogens is 3. The largest absolute Gasteiger partial charge is 0.308 e. The van der Waals surface area contributed by atoms with Gasteiger partial charge in [0.05, 0.1) is 6.20 Å².